The van der Waals surface area contributed by atoms with Crippen molar-refractivity contribution in [2.24, 2.45) is 0 Å². The minimum Gasteiger partial charge on any atom is -0.487 e. The molecule has 0 fully saturated rings. The highest BCUT2D eigenvalue weighted by atomic mass is 16.6. The number of hydrogen-bond donors (Lipinski definition) is 1. The zero-order valence-electron chi connectivity index (χ0n) is 8.47. The van der Waals surface area contributed by atoms with Crippen LogP contribution in [0.5, 0.6) is 5.75 Å². The number of aryl methyl sites for hydroxylation is 1. The molecule has 0 amide bonds. The first-order valence-corrected chi connectivity index (χ1v) is 4.64. The highest BCUT2D eigenvalue weighted by Gasteiger charge is 2.17. The third kappa shape index (κ3) is 2.92. The van der Waals surface area contributed by atoms with Crippen LogP contribution in [0.25, 0.3) is 0 Å². The van der Waals surface area contributed by atoms with E-state index in [1.165, 1.54) is 0 Å². The van der Waals surface area contributed by atoms with Crippen LogP contribution in [0.15, 0.2) is 18.2 Å². The molecule has 0 radical (unpaired) electrons. The summed E-state index contributed by atoms with van der Waals surface area (Å²) in [6.07, 6.45) is 0.463. The van der Waals surface area contributed by atoms with E-state index >= 15 is 0 Å². The van der Waals surface area contributed by atoms with Crippen LogP contribution in [0.4, 0.5) is 5.69 Å². The third-order valence-corrected chi connectivity index (χ3v) is 1.94. The van der Waals surface area contributed by atoms with Gasteiger partial charge in [0.15, 0.2) is 5.75 Å². The second kappa shape index (κ2) is 5.31. The summed E-state index contributed by atoms with van der Waals surface area (Å²) < 4.78 is 5.22. The molecule has 1 aromatic rings. The summed E-state index contributed by atoms with van der Waals surface area (Å²) in [5, 5.41) is 19.3. The second-order valence-electron chi connectivity index (χ2n) is 3.10. The van der Waals surface area contributed by atoms with Crippen LogP contribution in [0.2, 0.25) is 0 Å². The van der Waals surface area contributed by atoms with Crippen LogP contribution in [0, 0.1) is 17.0 Å². The molecule has 0 atom stereocenters. The number of aliphatic hydroxyl groups is 1. The fraction of sp³-hybridized carbons (Fsp3) is 0.400. The zero-order valence-corrected chi connectivity index (χ0v) is 8.47. The van der Waals surface area contributed by atoms with Gasteiger partial charge in [0.05, 0.1) is 11.5 Å². The average molecular weight is 211 g/mol. The van der Waals surface area contributed by atoms with Gasteiger partial charge in [-0.05, 0) is 13.0 Å². The van der Waals surface area contributed by atoms with Gasteiger partial charge in [-0.3, -0.25) is 10.1 Å². The van der Waals surface area contributed by atoms with Crippen molar-refractivity contribution >= 4 is 5.69 Å². The van der Waals surface area contributed by atoms with Gasteiger partial charge in [-0.25, -0.2) is 0 Å². The Labute approximate surface area is 87.5 Å². The van der Waals surface area contributed by atoms with E-state index in [0.29, 0.717) is 12.0 Å². The van der Waals surface area contributed by atoms with Crippen LogP contribution in [0.3, 0.4) is 0 Å². The molecular formula is C10H13NO4. The predicted molar refractivity (Wildman–Crippen MR) is 55.0 cm³/mol. The highest BCUT2D eigenvalue weighted by Crippen LogP contribution is 2.29. The van der Waals surface area contributed by atoms with Gasteiger partial charge in [0.2, 0.25) is 0 Å². The average Bonchev–Trinajstić information content (AvgIpc) is 2.17. The van der Waals surface area contributed by atoms with E-state index in [4.69, 9.17) is 9.84 Å². The number of nitro groups is 1. The molecule has 1 N–H and O–H groups in total. The van der Waals surface area contributed by atoms with Gasteiger partial charge in [-0.2, -0.15) is 0 Å². The highest BCUT2D eigenvalue weighted by molar-refractivity contribution is 5.51. The van der Waals surface area contributed by atoms with Gasteiger partial charge in [0.1, 0.15) is 0 Å². The van der Waals surface area contributed by atoms with Crippen LogP contribution in [0.1, 0.15) is 12.0 Å². The number of hydrogen-bond acceptors (Lipinski definition) is 4. The van der Waals surface area contributed by atoms with Gasteiger partial charge in [-0.15, -0.1) is 0 Å². The van der Waals surface area contributed by atoms with Gasteiger partial charge in [0.25, 0.3) is 0 Å². The summed E-state index contributed by atoms with van der Waals surface area (Å²) in [5.41, 5.74) is 0.567. The third-order valence-electron chi connectivity index (χ3n) is 1.94. The largest absolute Gasteiger partial charge is 0.487 e. The zero-order chi connectivity index (χ0) is 11.3. The van der Waals surface area contributed by atoms with Crippen molar-refractivity contribution < 1.29 is 14.8 Å². The molecular weight excluding hydrogens is 198 g/mol. The lowest BCUT2D eigenvalue weighted by atomic mass is 10.2. The molecule has 0 unspecified atom stereocenters. The van der Waals surface area contributed by atoms with E-state index in [1.54, 1.807) is 25.1 Å². The van der Waals surface area contributed by atoms with E-state index in [0.717, 1.165) is 0 Å². The molecule has 5 heteroatoms. The first-order chi connectivity index (χ1) is 7.16. The number of nitrogens with zero attached hydrogens (tertiary/aromatic N) is 1. The van der Waals surface area contributed by atoms with Crippen LogP contribution >= 0.6 is 0 Å². The molecule has 0 heterocycles. The van der Waals surface area contributed by atoms with E-state index in [9.17, 15) is 10.1 Å². The maximum atomic E-state index is 10.8. The lowest BCUT2D eigenvalue weighted by molar-refractivity contribution is -0.386. The smallest absolute Gasteiger partial charge is 0.313 e. The minimum atomic E-state index is -0.455. The van der Waals surface area contributed by atoms with E-state index in [-0.39, 0.29) is 24.7 Å². The SMILES string of the molecule is Cc1cccc(OCCCO)c1[N+](=O)[O-]. The molecule has 15 heavy (non-hydrogen) atoms. The van der Waals surface area contributed by atoms with E-state index in [1.807, 2.05) is 0 Å². The quantitative estimate of drug-likeness (QED) is 0.456. The van der Waals surface area contributed by atoms with Crippen LogP contribution < -0.4 is 4.74 Å². The number of ether oxygens (including phenoxy) is 1. The Kier molecular flexibility index (Phi) is 4.05. The van der Waals surface area contributed by atoms with Crippen molar-refractivity contribution in [2.75, 3.05) is 13.2 Å². The van der Waals surface area contributed by atoms with Gasteiger partial charge >= 0.3 is 5.69 Å². The van der Waals surface area contributed by atoms with Crippen LogP contribution in [-0.2, 0) is 0 Å². The van der Waals surface area contributed by atoms with Gasteiger partial charge < -0.3 is 9.84 Å². The minimum absolute atomic E-state index is 0.00422. The van der Waals surface area contributed by atoms with Crippen molar-refractivity contribution in [1.29, 1.82) is 0 Å². The monoisotopic (exact) mass is 211 g/mol. The molecule has 0 aromatic heterocycles. The summed E-state index contributed by atoms with van der Waals surface area (Å²) in [6.45, 7) is 1.96. The Bertz CT molecular complexity index is 351. The Hall–Kier alpha value is -1.62. The first kappa shape index (κ1) is 11.5. The van der Waals surface area contributed by atoms with E-state index in [2.05, 4.69) is 0 Å². The summed E-state index contributed by atoms with van der Waals surface area (Å²) in [6, 6.07) is 4.93. The van der Waals surface area contributed by atoms with Crippen molar-refractivity contribution in [3.63, 3.8) is 0 Å². The number of para-hydroxylation sites is 1. The topological polar surface area (TPSA) is 72.6 Å². The maximum Gasteiger partial charge on any atom is 0.313 e. The van der Waals surface area contributed by atoms with Crippen molar-refractivity contribution in [2.45, 2.75) is 13.3 Å². The molecule has 1 aromatic carbocycles. The Morgan fingerprint density at radius 1 is 1.53 bits per heavy atom. The molecule has 5 nitrogen and oxygen atoms in total. The molecule has 0 bridgehead atoms. The summed E-state index contributed by atoms with van der Waals surface area (Å²) in [7, 11) is 0. The summed E-state index contributed by atoms with van der Waals surface area (Å²) >= 11 is 0. The Morgan fingerprint density at radius 2 is 2.27 bits per heavy atom. The molecule has 0 aliphatic heterocycles. The second-order valence-corrected chi connectivity index (χ2v) is 3.10. The standard InChI is InChI=1S/C10H13NO4/c1-8-4-2-5-9(10(8)11(13)14)15-7-3-6-12/h2,4-5,12H,3,6-7H2,1H3. The Balaban J connectivity index is 2.86. The summed E-state index contributed by atoms with van der Waals surface area (Å²) in [4.78, 5) is 10.3. The van der Waals surface area contributed by atoms with Crippen molar-refractivity contribution in [3.05, 3.63) is 33.9 Å². The maximum absolute atomic E-state index is 10.8. The molecule has 0 spiro atoms. The number of nitro benzene ring substituents is 1. The molecule has 0 saturated carbocycles. The molecule has 0 aliphatic carbocycles. The lowest BCUT2D eigenvalue weighted by Gasteiger charge is -2.06. The Morgan fingerprint density at radius 3 is 2.87 bits per heavy atom. The summed E-state index contributed by atoms with van der Waals surface area (Å²) in [5.74, 6) is 0.258. The van der Waals surface area contributed by atoms with E-state index < -0.39 is 4.92 Å². The molecule has 82 valence electrons. The predicted octanol–water partition coefficient (Wildman–Crippen LogP) is 1.66. The molecule has 1 rings (SSSR count). The molecule has 0 aliphatic rings. The first-order valence-electron chi connectivity index (χ1n) is 4.64. The van der Waals surface area contributed by atoms with Gasteiger partial charge in [-0.1, -0.05) is 12.1 Å². The lowest BCUT2D eigenvalue weighted by Crippen LogP contribution is -2.03. The number of aliphatic hydroxyl groups excluding tert-OH is 1. The normalized spacial score (nSPS) is 10.0. The molecule has 0 saturated heterocycles. The van der Waals surface area contributed by atoms with Crippen molar-refractivity contribution in [3.8, 4) is 5.75 Å². The number of benzene rings is 1. The van der Waals surface area contributed by atoms with Gasteiger partial charge in [0, 0.05) is 18.6 Å². The fourth-order valence-corrected chi connectivity index (χ4v) is 1.23. The fourth-order valence-electron chi connectivity index (χ4n) is 1.23. The number of rotatable bonds is 5. The van der Waals surface area contributed by atoms with Crippen molar-refractivity contribution in [1.82, 2.24) is 0 Å². The van der Waals surface area contributed by atoms with Crippen LogP contribution in [-0.4, -0.2) is 23.2 Å².